The maximum absolute atomic E-state index is 12.4. The van der Waals surface area contributed by atoms with E-state index in [-0.39, 0.29) is 11.9 Å². The number of benzene rings is 1. The van der Waals surface area contributed by atoms with Crippen molar-refractivity contribution in [2.75, 3.05) is 5.32 Å². The van der Waals surface area contributed by atoms with Crippen molar-refractivity contribution < 1.29 is 9.66 Å². The van der Waals surface area contributed by atoms with Gasteiger partial charge < -0.3 is 10.1 Å². The second-order valence-electron chi connectivity index (χ2n) is 6.07. The maximum atomic E-state index is 12.4. The Morgan fingerprint density at radius 1 is 1.27 bits per heavy atom. The van der Waals surface area contributed by atoms with Crippen molar-refractivity contribution in [3.8, 4) is 5.75 Å². The smallest absolute Gasteiger partial charge is 0.376 e. The Bertz CT molecular complexity index is 1040. The second-order valence-corrected chi connectivity index (χ2v) is 6.07. The van der Waals surface area contributed by atoms with E-state index < -0.39 is 16.2 Å². The number of ether oxygens (including phenoxy) is 1. The summed E-state index contributed by atoms with van der Waals surface area (Å²) in [5.74, 6) is 0.634. The highest BCUT2D eigenvalue weighted by Crippen LogP contribution is 2.27. The van der Waals surface area contributed by atoms with Gasteiger partial charge in [0, 0.05) is 11.9 Å². The third kappa shape index (κ3) is 3.34. The Morgan fingerprint density at radius 3 is 2.69 bits per heavy atom. The maximum Gasteiger partial charge on any atom is 0.376 e. The first-order valence-electron chi connectivity index (χ1n) is 8.07. The highest BCUT2D eigenvalue weighted by atomic mass is 16.6. The van der Waals surface area contributed by atoms with E-state index in [1.54, 1.807) is 36.4 Å². The molecule has 0 aliphatic rings. The number of anilines is 2. The van der Waals surface area contributed by atoms with Crippen LogP contribution in [0.15, 0.2) is 47.4 Å². The van der Waals surface area contributed by atoms with Gasteiger partial charge in [-0.15, -0.1) is 0 Å². The van der Waals surface area contributed by atoms with E-state index in [9.17, 15) is 14.9 Å². The van der Waals surface area contributed by atoms with Crippen molar-refractivity contribution >= 4 is 22.8 Å². The van der Waals surface area contributed by atoms with E-state index >= 15 is 0 Å². The lowest BCUT2D eigenvalue weighted by Crippen LogP contribution is -2.20. The molecule has 0 spiro atoms. The van der Waals surface area contributed by atoms with E-state index in [1.165, 1.54) is 6.20 Å². The monoisotopic (exact) mass is 354 g/mol. The zero-order valence-electron chi connectivity index (χ0n) is 14.6. The Hall–Kier alpha value is -3.42. The first-order valence-corrected chi connectivity index (χ1v) is 8.07. The number of nitrogens with one attached hydrogen (secondary N) is 1. The minimum absolute atomic E-state index is 0.0378. The predicted octanol–water partition coefficient (Wildman–Crippen LogP) is 3.44. The molecular formula is C18H18N4O4. The number of hydrogen-bond acceptors (Lipinski definition) is 6. The van der Waals surface area contributed by atoms with Gasteiger partial charge in [0.05, 0.1) is 11.0 Å². The number of aromatic nitrogens is 2. The summed E-state index contributed by atoms with van der Waals surface area (Å²) in [5, 5.41) is 14.3. The third-order valence-electron chi connectivity index (χ3n) is 3.69. The number of pyridine rings is 1. The molecule has 0 saturated carbocycles. The Balaban J connectivity index is 2.06. The molecule has 3 aromatic rings. The molecule has 2 heterocycles. The summed E-state index contributed by atoms with van der Waals surface area (Å²) in [6.45, 7) is 5.74. The molecule has 0 atom stereocenters. The third-order valence-corrected chi connectivity index (χ3v) is 3.69. The molecule has 134 valence electrons. The average molecular weight is 354 g/mol. The van der Waals surface area contributed by atoms with Gasteiger partial charge in [0.1, 0.15) is 11.4 Å². The van der Waals surface area contributed by atoms with Crippen LogP contribution in [0.3, 0.4) is 0 Å². The zero-order valence-corrected chi connectivity index (χ0v) is 14.6. The fraction of sp³-hybridized carbons (Fsp3) is 0.222. The number of fused-ring (bicyclic) bond motifs is 1. The van der Waals surface area contributed by atoms with Crippen LogP contribution < -0.4 is 15.6 Å². The molecule has 1 aromatic carbocycles. The lowest BCUT2D eigenvalue weighted by atomic mass is 10.2. The molecule has 0 radical (unpaired) electrons. The Kier molecular flexibility index (Phi) is 4.57. The highest BCUT2D eigenvalue weighted by molar-refractivity contribution is 5.68. The van der Waals surface area contributed by atoms with E-state index in [1.807, 2.05) is 20.8 Å². The van der Waals surface area contributed by atoms with Gasteiger partial charge in [-0.2, -0.15) is 0 Å². The number of nitrogens with zero attached hydrogens (tertiary/aromatic N) is 3. The fourth-order valence-corrected chi connectivity index (χ4v) is 2.58. The quantitative estimate of drug-likeness (QED) is 0.556. The van der Waals surface area contributed by atoms with Gasteiger partial charge in [0.15, 0.2) is 0 Å². The first-order chi connectivity index (χ1) is 12.4. The lowest BCUT2D eigenvalue weighted by Gasteiger charge is -2.14. The van der Waals surface area contributed by atoms with Crippen molar-refractivity contribution in [3.05, 3.63) is 68.6 Å². The van der Waals surface area contributed by atoms with Crippen molar-refractivity contribution in [2.45, 2.75) is 26.9 Å². The fourth-order valence-electron chi connectivity index (χ4n) is 2.58. The van der Waals surface area contributed by atoms with Gasteiger partial charge in [0.2, 0.25) is 5.82 Å². The van der Waals surface area contributed by atoms with E-state index in [0.29, 0.717) is 11.3 Å². The second kappa shape index (κ2) is 6.83. The van der Waals surface area contributed by atoms with Crippen LogP contribution in [0.5, 0.6) is 5.75 Å². The van der Waals surface area contributed by atoms with Crippen molar-refractivity contribution in [1.82, 2.24) is 9.38 Å². The van der Waals surface area contributed by atoms with Gasteiger partial charge in [0.25, 0.3) is 0 Å². The molecule has 0 amide bonds. The van der Waals surface area contributed by atoms with Crippen LogP contribution in [0.2, 0.25) is 0 Å². The van der Waals surface area contributed by atoms with Crippen LogP contribution in [-0.2, 0) is 0 Å². The van der Waals surface area contributed by atoms with Crippen LogP contribution >= 0.6 is 0 Å². The zero-order chi connectivity index (χ0) is 18.8. The highest BCUT2D eigenvalue weighted by Gasteiger charge is 2.23. The molecule has 0 aliphatic heterocycles. The lowest BCUT2D eigenvalue weighted by molar-refractivity contribution is -0.385. The molecule has 0 unspecified atom stereocenters. The summed E-state index contributed by atoms with van der Waals surface area (Å²) >= 11 is 0. The summed E-state index contributed by atoms with van der Waals surface area (Å²) < 4.78 is 6.83. The Morgan fingerprint density at radius 2 is 2.04 bits per heavy atom. The molecule has 0 aliphatic carbocycles. The normalized spacial score (nSPS) is 10.9. The molecule has 8 heteroatoms. The van der Waals surface area contributed by atoms with Crippen LogP contribution in [0.4, 0.5) is 17.2 Å². The number of hydrogen-bond donors (Lipinski definition) is 1. The molecule has 0 fully saturated rings. The minimum atomic E-state index is -0.736. The molecule has 1 N–H and O–H groups in total. The summed E-state index contributed by atoms with van der Waals surface area (Å²) in [6, 6.07) is 10.2. The minimum Gasteiger partial charge on any atom is -0.491 e. The SMILES string of the molecule is Cc1cc(Nc2nc3ccccn3c(=O)c2[N+](=O)[O-])ccc1OC(C)C. The molecule has 3 rings (SSSR count). The summed E-state index contributed by atoms with van der Waals surface area (Å²) in [7, 11) is 0. The van der Waals surface area contributed by atoms with Crippen molar-refractivity contribution in [1.29, 1.82) is 0 Å². The van der Waals surface area contributed by atoms with Crippen molar-refractivity contribution in [3.63, 3.8) is 0 Å². The number of aryl methyl sites for hydroxylation is 1. The molecular weight excluding hydrogens is 336 g/mol. The molecule has 26 heavy (non-hydrogen) atoms. The van der Waals surface area contributed by atoms with Gasteiger partial charge in [-0.1, -0.05) is 6.07 Å². The summed E-state index contributed by atoms with van der Waals surface area (Å²) in [6.07, 6.45) is 1.49. The molecule has 0 saturated heterocycles. The first kappa shape index (κ1) is 17.4. The van der Waals surface area contributed by atoms with Crippen LogP contribution in [0, 0.1) is 17.0 Å². The van der Waals surface area contributed by atoms with Gasteiger partial charge >= 0.3 is 11.2 Å². The van der Waals surface area contributed by atoms with Crippen LogP contribution in [-0.4, -0.2) is 20.4 Å². The molecule has 2 aromatic heterocycles. The average Bonchev–Trinajstić information content (AvgIpc) is 2.57. The van der Waals surface area contributed by atoms with Crippen LogP contribution in [0.25, 0.3) is 5.65 Å². The predicted molar refractivity (Wildman–Crippen MR) is 98.3 cm³/mol. The van der Waals surface area contributed by atoms with E-state index in [0.717, 1.165) is 15.7 Å². The van der Waals surface area contributed by atoms with Crippen molar-refractivity contribution in [2.24, 2.45) is 0 Å². The largest absolute Gasteiger partial charge is 0.491 e. The van der Waals surface area contributed by atoms with Gasteiger partial charge in [-0.05, 0) is 56.7 Å². The number of nitro groups is 1. The van der Waals surface area contributed by atoms with E-state index in [4.69, 9.17) is 4.74 Å². The van der Waals surface area contributed by atoms with Gasteiger partial charge in [-0.3, -0.25) is 19.3 Å². The van der Waals surface area contributed by atoms with Gasteiger partial charge in [-0.25, -0.2) is 4.98 Å². The molecule has 0 bridgehead atoms. The Labute approximate surface area is 149 Å². The topological polar surface area (TPSA) is 98.8 Å². The number of rotatable bonds is 5. The van der Waals surface area contributed by atoms with E-state index in [2.05, 4.69) is 10.3 Å². The summed E-state index contributed by atoms with van der Waals surface area (Å²) in [5.41, 5.74) is 0.424. The summed E-state index contributed by atoms with van der Waals surface area (Å²) in [4.78, 5) is 27.4. The van der Waals surface area contributed by atoms with Crippen LogP contribution in [0.1, 0.15) is 19.4 Å². The molecule has 8 nitrogen and oxygen atoms in total. The standard InChI is InChI=1S/C18H18N4O4/c1-11(2)26-14-8-7-13(10-12(14)3)19-17-16(22(24)25)18(23)21-9-5-4-6-15(21)20-17/h4-11,19H,1-3H3.